The number of carboxylic acid groups (broad SMARTS) is 1. The van der Waals surface area contributed by atoms with Crippen LogP contribution in [0.5, 0.6) is 0 Å². The van der Waals surface area contributed by atoms with Crippen molar-refractivity contribution in [2.24, 2.45) is 7.05 Å². The molecule has 0 spiro atoms. The van der Waals surface area contributed by atoms with Crippen molar-refractivity contribution < 1.29 is 9.90 Å². The van der Waals surface area contributed by atoms with Gasteiger partial charge in [0, 0.05) is 16.2 Å². The van der Waals surface area contributed by atoms with Gasteiger partial charge in [0.05, 0.1) is 16.6 Å². The first-order valence-corrected chi connectivity index (χ1v) is 7.52. The Balaban J connectivity index is 2.26. The summed E-state index contributed by atoms with van der Waals surface area (Å²) in [5, 5.41) is 9.08. The molecule has 1 N–H and O–H groups in total. The number of aromatic carboxylic acids is 1. The zero-order valence-electron chi connectivity index (χ0n) is 11.6. The summed E-state index contributed by atoms with van der Waals surface area (Å²) in [7, 11) is 1.95. The molecule has 0 unspecified atom stereocenters. The smallest absolute Gasteiger partial charge is 0.335 e. The number of halogens is 1. The number of aromatic nitrogens is 2. The Kier molecular flexibility index (Phi) is 3.44. The van der Waals surface area contributed by atoms with E-state index >= 15 is 0 Å². The highest BCUT2D eigenvalue weighted by atomic mass is 127. The van der Waals surface area contributed by atoms with Gasteiger partial charge in [-0.3, -0.25) is 0 Å². The van der Waals surface area contributed by atoms with E-state index in [9.17, 15) is 4.79 Å². The van der Waals surface area contributed by atoms with Gasteiger partial charge < -0.3 is 9.67 Å². The first kappa shape index (κ1) is 14.1. The van der Waals surface area contributed by atoms with E-state index in [1.54, 1.807) is 18.2 Å². The number of nitrogens with zero attached hydrogens (tertiary/aromatic N) is 2. The van der Waals surface area contributed by atoms with Gasteiger partial charge in [0.2, 0.25) is 0 Å². The molecule has 0 saturated heterocycles. The molecule has 106 valence electrons. The topological polar surface area (TPSA) is 55.1 Å². The number of carbonyl (C=O) groups is 1. The predicted molar refractivity (Wildman–Crippen MR) is 90.6 cm³/mol. The minimum atomic E-state index is -0.936. The molecular formula is C16H13IN2O2. The van der Waals surface area contributed by atoms with Crippen LogP contribution in [0.1, 0.15) is 15.9 Å². The molecule has 0 radical (unpaired) electrons. The summed E-state index contributed by atoms with van der Waals surface area (Å²) in [6.45, 7) is 2.07. The summed E-state index contributed by atoms with van der Waals surface area (Å²) in [6, 6.07) is 11.1. The van der Waals surface area contributed by atoms with Crippen LogP contribution in [-0.4, -0.2) is 20.6 Å². The number of fused-ring (bicyclic) bond motifs is 1. The van der Waals surface area contributed by atoms with Crippen molar-refractivity contribution in [2.75, 3.05) is 0 Å². The van der Waals surface area contributed by atoms with E-state index in [0.717, 1.165) is 20.5 Å². The Morgan fingerprint density at radius 3 is 2.76 bits per heavy atom. The first-order chi connectivity index (χ1) is 9.99. The van der Waals surface area contributed by atoms with E-state index in [0.29, 0.717) is 5.52 Å². The third kappa shape index (κ3) is 2.31. The average Bonchev–Trinajstić information content (AvgIpc) is 2.78. The highest BCUT2D eigenvalue weighted by Gasteiger charge is 2.14. The van der Waals surface area contributed by atoms with Crippen LogP contribution in [0, 0.1) is 10.5 Å². The molecule has 1 aromatic heterocycles. The molecule has 0 aliphatic carbocycles. The van der Waals surface area contributed by atoms with Crippen LogP contribution in [0.4, 0.5) is 0 Å². The van der Waals surface area contributed by atoms with Crippen molar-refractivity contribution >= 4 is 39.6 Å². The number of hydrogen-bond acceptors (Lipinski definition) is 2. The second kappa shape index (κ2) is 5.14. The third-order valence-corrected chi connectivity index (χ3v) is 4.99. The number of imidazole rings is 1. The summed E-state index contributed by atoms with van der Waals surface area (Å²) in [5.41, 5.74) is 4.14. The minimum Gasteiger partial charge on any atom is -0.478 e. The van der Waals surface area contributed by atoms with Crippen LogP contribution < -0.4 is 0 Å². The quantitative estimate of drug-likeness (QED) is 0.675. The summed E-state index contributed by atoms with van der Waals surface area (Å²) in [4.78, 5) is 15.7. The van der Waals surface area contributed by atoms with Gasteiger partial charge in [-0.1, -0.05) is 18.2 Å². The highest BCUT2D eigenvalue weighted by molar-refractivity contribution is 14.1. The number of carboxylic acids is 1. The fraction of sp³-hybridized carbons (Fsp3) is 0.125. The van der Waals surface area contributed by atoms with Crippen LogP contribution >= 0.6 is 22.6 Å². The summed E-state index contributed by atoms with van der Waals surface area (Å²) >= 11 is 2.32. The summed E-state index contributed by atoms with van der Waals surface area (Å²) < 4.78 is 3.16. The maximum atomic E-state index is 11.1. The fourth-order valence-electron chi connectivity index (χ4n) is 2.39. The SMILES string of the molecule is Cc1cccc(-c2nc3cc(C(=O)O)ccc3n2C)c1I. The van der Waals surface area contributed by atoms with Gasteiger partial charge in [0.1, 0.15) is 5.82 Å². The number of hydrogen-bond donors (Lipinski definition) is 1. The van der Waals surface area contributed by atoms with E-state index in [1.165, 1.54) is 5.56 Å². The van der Waals surface area contributed by atoms with Crippen LogP contribution in [0.15, 0.2) is 36.4 Å². The number of benzene rings is 2. The van der Waals surface area contributed by atoms with Gasteiger partial charge in [-0.2, -0.15) is 0 Å². The Hall–Kier alpha value is -1.89. The van der Waals surface area contributed by atoms with Gasteiger partial charge in [-0.05, 0) is 53.3 Å². The molecule has 21 heavy (non-hydrogen) atoms. The molecule has 3 rings (SSSR count). The van der Waals surface area contributed by atoms with Crippen molar-refractivity contribution in [1.82, 2.24) is 9.55 Å². The van der Waals surface area contributed by atoms with Gasteiger partial charge in [-0.25, -0.2) is 9.78 Å². The Morgan fingerprint density at radius 2 is 2.05 bits per heavy atom. The van der Waals surface area contributed by atoms with E-state index < -0.39 is 5.97 Å². The lowest BCUT2D eigenvalue weighted by atomic mass is 10.1. The predicted octanol–water partition coefficient (Wildman–Crippen LogP) is 3.85. The number of aryl methyl sites for hydroxylation is 2. The monoisotopic (exact) mass is 392 g/mol. The third-order valence-electron chi connectivity index (χ3n) is 3.56. The molecule has 0 amide bonds. The van der Waals surface area contributed by atoms with Crippen LogP contribution in [-0.2, 0) is 7.05 Å². The second-order valence-corrected chi connectivity index (χ2v) is 6.02. The fourth-order valence-corrected chi connectivity index (χ4v) is 2.99. The molecule has 4 nitrogen and oxygen atoms in total. The summed E-state index contributed by atoms with van der Waals surface area (Å²) in [6.07, 6.45) is 0. The lowest BCUT2D eigenvalue weighted by Gasteiger charge is -2.07. The van der Waals surface area contributed by atoms with E-state index in [4.69, 9.17) is 5.11 Å². The zero-order chi connectivity index (χ0) is 15.1. The van der Waals surface area contributed by atoms with Crippen molar-refractivity contribution in [3.05, 3.63) is 51.1 Å². The standard InChI is InChI=1S/C16H13IN2O2/c1-9-4-3-5-11(14(9)17)15-18-12-8-10(16(20)21)6-7-13(12)19(15)2/h3-8H,1-2H3,(H,20,21). The van der Waals surface area contributed by atoms with E-state index in [2.05, 4.69) is 40.6 Å². The van der Waals surface area contributed by atoms with E-state index in [1.807, 2.05) is 23.7 Å². The molecule has 0 saturated carbocycles. The molecular weight excluding hydrogens is 379 g/mol. The normalized spacial score (nSPS) is 11.0. The Morgan fingerprint density at radius 1 is 1.29 bits per heavy atom. The van der Waals surface area contributed by atoms with Gasteiger partial charge in [0.25, 0.3) is 0 Å². The largest absolute Gasteiger partial charge is 0.478 e. The lowest BCUT2D eigenvalue weighted by molar-refractivity contribution is 0.0697. The molecule has 0 aliphatic heterocycles. The molecule has 0 bridgehead atoms. The van der Waals surface area contributed by atoms with Gasteiger partial charge >= 0.3 is 5.97 Å². The average molecular weight is 392 g/mol. The molecule has 5 heteroatoms. The maximum absolute atomic E-state index is 11.1. The highest BCUT2D eigenvalue weighted by Crippen LogP contribution is 2.29. The van der Waals surface area contributed by atoms with Crippen molar-refractivity contribution in [3.8, 4) is 11.4 Å². The summed E-state index contributed by atoms with van der Waals surface area (Å²) in [5.74, 6) is -0.0881. The van der Waals surface area contributed by atoms with Gasteiger partial charge in [-0.15, -0.1) is 0 Å². The molecule has 0 atom stereocenters. The van der Waals surface area contributed by atoms with Crippen molar-refractivity contribution in [3.63, 3.8) is 0 Å². The van der Waals surface area contributed by atoms with E-state index in [-0.39, 0.29) is 5.56 Å². The van der Waals surface area contributed by atoms with Crippen LogP contribution in [0.25, 0.3) is 22.4 Å². The van der Waals surface area contributed by atoms with Crippen molar-refractivity contribution in [1.29, 1.82) is 0 Å². The molecule has 2 aromatic carbocycles. The molecule has 1 heterocycles. The molecule has 3 aromatic rings. The number of rotatable bonds is 2. The lowest BCUT2D eigenvalue weighted by Crippen LogP contribution is -1.96. The molecule has 0 aliphatic rings. The second-order valence-electron chi connectivity index (χ2n) is 4.94. The van der Waals surface area contributed by atoms with Crippen LogP contribution in [0.2, 0.25) is 0 Å². The van der Waals surface area contributed by atoms with Gasteiger partial charge in [0.15, 0.2) is 0 Å². The first-order valence-electron chi connectivity index (χ1n) is 6.44. The molecule has 0 fully saturated rings. The maximum Gasteiger partial charge on any atom is 0.335 e. The van der Waals surface area contributed by atoms with Crippen molar-refractivity contribution in [2.45, 2.75) is 6.92 Å². The zero-order valence-corrected chi connectivity index (χ0v) is 13.7. The van der Waals surface area contributed by atoms with Crippen LogP contribution in [0.3, 0.4) is 0 Å². The Labute approximate surface area is 135 Å². The Bertz CT molecular complexity index is 868. The minimum absolute atomic E-state index is 0.256.